The van der Waals surface area contributed by atoms with Crippen LogP contribution in [0, 0.1) is 0 Å². The van der Waals surface area contributed by atoms with E-state index in [1.807, 2.05) is 6.92 Å². The summed E-state index contributed by atoms with van der Waals surface area (Å²) < 4.78 is 21.4. The molecule has 0 rings (SSSR count). The minimum absolute atomic E-state index is 0.0941. The third-order valence-electron chi connectivity index (χ3n) is 4.55. The third kappa shape index (κ3) is 22.6. The summed E-state index contributed by atoms with van der Waals surface area (Å²) in [5.74, 6) is -0.473. The van der Waals surface area contributed by atoms with Crippen molar-refractivity contribution < 1.29 is 38.1 Å². The summed E-state index contributed by atoms with van der Waals surface area (Å²) in [6.45, 7) is 7.19. The topological polar surface area (TPSA) is 141 Å². The molecule has 11 nitrogen and oxygen atoms in total. The Kier molecular flexibility index (Phi) is 23.0. The third-order valence-corrected chi connectivity index (χ3v) is 5.06. The monoisotopic (exact) mass is 567 g/mol. The molecule has 0 aromatic heterocycles. The van der Waals surface area contributed by atoms with E-state index in [-0.39, 0.29) is 41.9 Å². The fourth-order valence-electron chi connectivity index (χ4n) is 2.66. The zero-order chi connectivity index (χ0) is 26.2. The Morgan fingerprint density at radius 3 is 1.83 bits per heavy atom. The highest BCUT2D eigenvalue weighted by Gasteiger charge is 2.19. The van der Waals surface area contributed by atoms with Gasteiger partial charge in [-0.2, -0.15) is 0 Å². The van der Waals surface area contributed by atoms with Crippen LogP contribution in [-0.2, 0) is 38.1 Å². The number of unbranched alkanes of at least 4 members (excludes halogenated alkanes) is 1. The number of ketones is 1. The predicted molar refractivity (Wildman–Crippen MR) is 134 cm³/mol. The lowest BCUT2D eigenvalue weighted by Crippen LogP contribution is -2.47. The Hall–Kier alpha value is -1.60. The van der Waals surface area contributed by atoms with E-state index in [1.54, 1.807) is 0 Å². The molecule has 204 valence electrons. The van der Waals surface area contributed by atoms with Crippen molar-refractivity contribution in [1.29, 1.82) is 0 Å². The van der Waals surface area contributed by atoms with Gasteiger partial charge in [-0.1, -0.05) is 35.7 Å². The Bertz CT molecular complexity index is 595. The SMILES string of the molecule is CCCC[C@H](NC(=O)CBr)C(=O)NCCOCCOCCC(=O)NCCOCCOCCC(C)=O. The summed E-state index contributed by atoms with van der Waals surface area (Å²) in [7, 11) is 0. The zero-order valence-corrected chi connectivity index (χ0v) is 22.6. The van der Waals surface area contributed by atoms with Crippen molar-refractivity contribution in [2.75, 3.05) is 71.3 Å². The van der Waals surface area contributed by atoms with Crippen LogP contribution in [0.4, 0.5) is 0 Å². The van der Waals surface area contributed by atoms with E-state index in [2.05, 4.69) is 31.9 Å². The number of hydrogen-bond acceptors (Lipinski definition) is 8. The number of amides is 3. The quantitative estimate of drug-likeness (QED) is 0.114. The highest BCUT2D eigenvalue weighted by Crippen LogP contribution is 2.01. The number of rotatable bonds is 24. The molecule has 0 spiro atoms. The molecule has 0 aromatic carbocycles. The number of carbonyl (C=O) groups is 4. The molecule has 3 amide bonds. The van der Waals surface area contributed by atoms with Gasteiger partial charge in [-0.15, -0.1) is 0 Å². The fraction of sp³-hybridized carbons (Fsp3) is 0.826. The Balaban J connectivity index is 3.57. The second-order valence-electron chi connectivity index (χ2n) is 7.69. The molecule has 0 unspecified atom stereocenters. The molecule has 0 saturated carbocycles. The van der Waals surface area contributed by atoms with Gasteiger partial charge in [-0.3, -0.25) is 19.2 Å². The van der Waals surface area contributed by atoms with Crippen molar-refractivity contribution in [2.45, 2.75) is 52.0 Å². The smallest absolute Gasteiger partial charge is 0.242 e. The molecule has 0 aliphatic carbocycles. The summed E-state index contributed by atoms with van der Waals surface area (Å²) in [6.07, 6.45) is 3.02. The van der Waals surface area contributed by atoms with Gasteiger partial charge >= 0.3 is 0 Å². The maximum absolute atomic E-state index is 12.2. The molecule has 1 atom stereocenters. The summed E-state index contributed by atoms with van der Waals surface area (Å²) in [5, 5.41) is 8.36. The number of Topliss-reactive ketones (excluding diaryl/α,β-unsaturated/α-hetero) is 1. The molecule has 0 aromatic rings. The lowest BCUT2D eigenvalue weighted by molar-refractivity contribution is -0.128. The molecular formula is C23H42BrN3O8. The lowest BCUT2D eigenvalue weighted by atomic mass is 10.1. The van der Waals surface area contributed by atoms with Gasteiger partial charge in [0.2, 0.25) is 17.7 Å². The molecule has 0 saturated heterocycles. The van der Waals surface area contributed by atoms with Gasteiger partial charge in [0.25, 0.3) is 0 Å². The van der Waals surface area contributed by atoms with E-state index in [1.165, 1.54) is 6.92 Å². The molecular weight excluding hydrogens is 526 g/mol. The summed E-state index contributed by atoms with van der Waals surface area (Å²) in [5.41, 5.74) is 0. The van der Waals surface area contributed by atoms with E-state index in [4.69, 9.17) is 18.9 Å². The Morgan fingerprint density at radius 2 is 1.29 bits per heavy atom. The normalized spacial score (nSPS) is 11.6. The Morgan fingerprint density at radius 1 is 0.743 bits per heavy atom. The van der Waals surface area contributed by atoms with Crippen LogP contribution in [0.2, 0.25) is 0 Å². The molecule has 3 N–H and O–H groups in total. The van der Waals surface area contributed by atoms with Gasteiger partial charge < -0.3 is 34.9 Å². The number of hydrogen-bond donors (Lipinski definition) is 3. The second-order valence-corrected chi connectivity index (χ2v) is 8.25. The average molecular weight is 569 g/mol. The molecule has 0 bridgehead atoms. The maximum Gasteiger partial charge on any atom is 0.242 e. The van der Waals surface area contributed by atoms with E-state index in [0.29, 0.717) is 72.2 Å². The molecule has 0 aliphatic rings. The first kappa shape index (κ1) is 33.4. The van der Waals surface area contributed by atoms with Gasteiger partial charge in [0.05, 0.1) is 58.2 Å². The van der Waals surface area contributed by atoms with Crippen molar-refractivity contribution in [1.82, 2.24) is 16.0 Å². The average Bonchev–Trinajstić information content (AvgIpc) is 2.83. The highest BCUT2D eigenvalue weighted by molar-refractivity contribution is 9.09. The van der Waals surface area contributed by atoms with Gasteiger partial charge in [-0.25, -0.2) is 0 Å². The van der Waals surface area contributed by atoms with Crippen molar-refractivity contribution >= 4 is 39.4 Å². The van der Waals surface area contributed by atoms with E-state index < -0.39 is 6.04 Å². The van der Waals surface area contributed by atoms with Gasteiger partial charge in [0.1, 0.15) is 11.8 Å². The van der Waals surface area contributed by atoms with E-state index in [0.717, 1.165) is 12.8 Å². The van der Waals surface area contributed by atoms with Crippen molar-refractivity contribution in [2.24, 2.45) is 0 Å². The first-order valence-electron chi connectivity index (χ1n) is 12.1. The number of ether oxygens (including phenoxy) is 4. The first-order chi connectivity index (χ1) is 16.9. The van der Waals surface area contributed by atoms with Crippen LogP contribution in [0.3, 0.4) is 0 Å². The number of carbonyl (C=O) groups excluding carboxylic acids is 4. The molecule has 12 heteroatoms. The number of halogens is 1. The molecule has 0 heterocycles. The zero-order valence-electron chi connectivity index (χ0n) is 21.0. The maximum atomic E-state index is 12.2. The second kappa shape index (κ2) is 24.1. The van der Waals surface area contributed by atoms with Crippen LogP contribution < -0.4 is 16.0 Å². The van der Waals surface area contributed by atoms with Crippen molar-refractivity contribution in [3.63, 3.8) is 0 Å². The predicted octanol–water partition coefficient (Wildman–Crippen LogP) is 0.724. The lowest BCUT2D eigenvalue weighted by Gasteiger charge is -2.17. The van der Waals surface area contributed by atoms with Crippen LogP contribution >= 0.6 is 15.9 Å². The fourth-order valence-corrected chi connectivity index (χ4v) is 2.82. The van der Waals surface area contributed by atoms with Gasteiger partial charge in [-0.05, 0) is 13.3 Å². The number of alkyl halides is 1. The van der Waals surface area contributed by atoms with Crippen LogP contribution in [0.1, 0.15) is 46.0 Å². The summed E-state index contributed by atoms with van der Waals surface area (Å²) in [6, 6.07) is -0.543. The largest absolute Gasteiger partial charge is 0.379 e. The van der Waals surface area contributed by atoms with Crippen molar-refractivity contribution in [3.8, 4) is 0 Å². The van der Waals surface area contributed by atoms with E-state index >= 15 is 0 Å². The van der Waals surface area contributed by atoms with Crippen LogP contribution in [0.5, 0.6) is 0 Å². The molecule has 0 fully saturated rings. The standard InChI is InChI=1S/C23H42BrN3O8/c1-3-4-5-20(27-22(30)18-24)23(31)26-9-13-35-17-15-33-11-7-21(29)25-8-12-34-16-14-32-10-6-19(2)28/h20H,3-18H2,1-2H3,(H,25,29)(H,26,31)(H,27,30)/t20-/m0/s1. The molecule has 35 heavy (non-hydrogen) atoms. The molecule has 0 radical (unpaired) electrons. The van der Waals surface area contributed by atoms with Crippen LogP contribution in [0.15, 0.2) is 0 Å². The van der Waals surface area contributed by atoms with E-state index in [9.17, 15) is 19.2 Å². The summed E-state index contributed by atoms with van der Waals surface area (Å²) in [4.78, 5) is 46.3. The summed E-state index contributed by atoms with van der Waals surface area (Å²) >= 11 is 3.08. The van der Waals surface area contributed by atoms with Crippen LogP contribution in [-0.4, -0.2) is 101 Å². The number of nitrogens with one attached hydrogen (secondary N) is 3. The molecule has 0 aliphatic heterocycles. The Labute approximate surface area is 216 Å². The van der Waals surface area contributed by atoms with Gasteiger partial charge in [0.15, 0.2) is 0 Å². The van der Waals surface area contributed by atoms with Crippen LogP contribution in [0.25, 0.3) is 0 Å². The highest BCUT2D eigenvalue weighted by atomic mass is 79.9. The van der Waals surface area contributed by atoms with Gasteiger partial charge in [0, 0.05) is 25.9 Å². The minimum atomic E-state index is -0.543. The van der Waals surface area contributed by atoms with Crippen molar-refractivity contribution in [3.05, 3.63) is 0 Å². The minimum Gasteiger partial charge on any atom is -0.379 e. The first-order valence-corrected chi connectivity index (χ1v) is 13.2.